The van der Waals surface area contributed by atoms with Gasteiger partial charge < -0.3 is 5.11 Å². The van der Waals surface area contributed by atoms with Crippen LogP contribution in [0.2, 0.25) is 0 Å². The summed E-state index contributed by atoms with van der Waals surface area (Å²) in [6.07, 6.45) is 1.80. The monoisotopic (exact) mass is 1000 g/mol. The van der Waals surface area contributed by atoms with Crippen molar-refractivity contribution in [3.8, 4) is 89.7 Å². The SMILES string of the molecule is [2H]C([2H])([2H])C(c1ccc(-c2ccc(-c3ccnc(-c4cc(-c5ccccc5)cc(-c5cccc6c5nc(-c5cc(C(C)C)cc(C(C)C)c5O)n6-c5ccc(C(C)(C)C)cc5-c5ccc(C(C)(C)C)cc5)c4)c3)cc2)cc1)(C([2H])([2H])[2H])C([2H])([2H])[2H]. The van der Waals surface area contributed by atoms with E-state index in [0.717, 1.165) is 89.2 Å². The molecule has 10 rings (SSSR count). The molecule has 0 aliphatic heterocycles. The predicted molar refractivity (Wildman–Crippen MR) is 323 cm³/mol. The van der Waals surface area contributed by atoms with Gasteiger partial charge in [0.25, 0.3) is 0 Å². The smallest absolute Gasteiger partial charge is 0.149 e. The van der Waals surface area contributed by atoms with Crippen molar-refractivity contribution in [3.63, 3.8) is 0 Å². The van der Waals surface area contributed by atoms with E-state index in [0.29, 0.717) is 17.0 Å². The van der Waals surface area contributed by atoms with Crippen LogP contribution >= 0.6 is 0 Å². The predicted octanol–water partition coefficient (Wildman–Crippen LogP) is 19.9. The highest BCUT2D eigenvalue weighted by Crippen LogP contribution is 2.45. The molecule has 2 aromatic heterocycles. The molecule has 2 heterocycles. The number of aromatic nitrogens is 3. The standard InChI is InChI=1S/C72H73N3O/c1-45(2)53-41-61(46(3)4)68(76)63(42-53)69-74-67-60(20-17-21-66(67)75(69)65-35-34-59(72(11,12)13)44-62(65)51-28-32-58(33-29-51)71(8,9)10)55-38-54(47-18-15-14-16-19-47)39-56(40-55)64-43-52(36-37-73-64)50-24-22-48(23-25-50)49-26-30-57(31-27-49)70(5,6)7/h14-46,76H,1-13H3/i5D3,6D3,7D3. The topological polar surface area (TPSA) is 50.9 Å². The minimum absolute atomic E-state index is 0.0311. The van der Waals surface area contributed by atoms with Gasteiger partial charge in [-0.25, -0.2) is 4.98 Å². The highest BCUT2D eigenvalue weighted by atomic mass is 16.3. The number of hydrogen-bond acceptors (Lipinski definition) is 3. The van der Waals surface area contributed by atoms with E-state index in [1.54, 1.807) is 18.3 Å². The molecule has 8 aromatic carbocycles. The van der Waals surface area contributed by atoms with Crippen LogP contribution in [0, 0.1) is 0 Å². The summed E-state index contributed by atoms with van der Waals surface area (Å²) in [4.78, 5) is 10.7. The first kappa shape index (κ1) is 41.4. The van der Waals surface area contributed by atoms with Gasteiger partial charge in [0.2, 0.25) is 0 Å². The highest BCUT2D eigenvalue weighted by molar-refractivity contribution is 5.98. The lowest BCUT2D eigenvalue weighted by atomic mass is 9.83. The highest BCUT2D eigenvalue weighted by Gasteiger charge is 2.27. The minimum atomic E-state index is -3.35. The van der Waals surface area contributed by atoms with Crippen LogP contribution in [0.25, 0.3) is 95.0 Å². The van der Waals surface area contributed by atoms with Gasteiger partial charge in [0.1, 0.15) is 11.6 Å². The Kier molecular flexibility index (Phi) is 10.9. The van der Waals surface area contributed by atoms with Crippen molar-refractivity contribution in [1.82, 2.24) is 14.5 Å². The van der Waals surface area contributed by atoms with E-state index in [1.807, 2.05) is 48.5 Å². The zero-order valence-electron chi connectivity index (χ0n) is 54.3. The number of phenolic OH excluding ortho intramolecular Hbond substituents is 1. The lowest BCUT2D eigenvalue weighted by Gasteiger charge is -2.24. The Morgan fingerprint density at radius 1 is 0.447 bits per heavy atom. The van der Waals surface area contributed by atoms with Gasteiger partial charge in [0.15, 0.2) is 0 Å². The van der Waals surface area contributed by atoms with Gasteiger partial charge in [-0.1, -0.05) is 217 Å². The number of fused-ring (bicyclic) bond motifs is 1. The lowest BCUT2D eigenvalue weighted by Crippen LogP contribution is -2.12. The Hall–Kier alpha value is -7.82. The van der Waals surface area contributed by atoms with Gasteiger partial charge in [0.05, 0.1) is 28.0 Å². The third-order valence-electron chi connectivity index (χ3n) is 14.8. The van der Waals surface area contributed by atoms with Crippen LogP contribution in [-0.2, 0) is 16.2 Å². The molecule has 76 heavy (non-hydrogen) atoms. The number of nitrogens with zero attached hydrogens (tertiary/aromatic N) is 3. The largest absolute Gasteiger partial charge is 0.507 e. The average Bonchev–Trinajstić information content (AvgIpc) is 1.13. The number of aromatic hydroxyl groups is 1. The summed E-state index contributed by atoms with van der Waals surface area (Å²) in [6, 6.07) is 60.7. The third-order valence-corrected chi connectivity index (χ3v) is 14.8. The fourth-order valence-corrected chi connectivity index (χ4v) is 10.2. The van der Waals surface area contributed by atoms with E-state index >= 15 is 0 Å². The van der Waals surface area contributed by atoms with Crippen LogP contribution in [-0.4, -0.2) is 19.6 Å². The lowest BCUT2D eigenvalue weighted by molar-refractivity contribution is 0.466. The maximum atomic E-state index is 12.5. The van der Waals surface area contributed by atoms with Crippen LogP contribution < -0.4 is 0 Å². The number of benzene rings is 8. The zero-order valence-corrected chi connectivity index (χ0v) is 45.3. The van der Waals surface area contributed by atoms with Crippen LogP contribution in [0.3, 0.4) is 0 Å². The number of pyridine rings is 1. The Bertz CT molecular complexity index is 4050. The van der Waals surface area contributed by atoms with Crippen molar-refractivity contribution in [3.05, 3.63) is 216 Å². The summed E-state index contributed by atoms with van der Waals surface area (Å²) in [5.74, 6) is 1.08. The summed E-state index contributed by atoms with van der Waals surface area (Å²) in [5, 5.41) is 12.5. The third kappa shape index (κ3) is 10.3. The molecule has 0 saturated heterocycles. The summed E-state index contributed by atoms with van der Waals surface area (Å²) >= 11 is 0. The summed E-state index contributed by atoms with van der Waals surface area (Å²) in [7, 11) is 0. The molecule has 0 unspecified atom stereocenters. The molecular weight excluding hydrogens is 923 g/mol. The molecule has 0 atom stereocenters. The molecular formula is C72H73N3O. The molecule has 4 nitrogen and oxygen atoms in total. The van der Waals surface area contributed by atoms with E-state index in [9.17, 15) is 5.11 Å². The van der Waals surface area contributed by atoms with Gasteiger partial charge in [-0.05, 0) is 155 Å². The Morgan fingerprint density at radius 2 is 1.01 bits per heavy atom. The second-order valence-corrected chi connectivity index (χ2v) is 23.1. The number of hydrogen-bond donors (Lipinski definition) is 1. The van der Waals surface area contributed by atoms with Crippen molar-refractivity contribution in [1.29, 1.82) is 0 Å². The Morgan fingerprint density at radius 3 is 1.63 bits per heavy atom. The van der Waals surface area contributed by atoms with Gasteiger partial charge >= 0.3 is 0 Å². The molecule has 0 spiro atoms. The van der Waals surface area contributed by atoms with Crippen LogP contribution in [0.5, 0.6) is 5.75 Å². The van der Waals surface area contributed by atoms with Gasteiger partial charge in [0, 0.05) is 35.2 Å². The number of rotatable bonds is 10. The van der Waals surface area contributed by atoms with Crippen molar-refractivity contribution in [2.24, 2.45) is 0 Å². The molecule has 0 aliphatic carbocycles. The second kappa shape index (κ2) is 20.0. The Labute approximate surface area is 464 Å². The number of para-hydroxylation sites is 1. The normalized spacial score (nSPS) is 14.6. The van der Waals surface area contributed by atoms with Gasteiger partial charge in [-0.15, -0.1) is 0 Å². The van der Waals surface area contributed by atoms with E-state index in [1.165, 1.54) is 23.3 Å². The fourth-order valence-electron chi connectivity index (χ4n) is 10.2. The number of phenols is 1. The summed E-state index contributed by atoms with van der Waals surface area (Å²) in [6.45, 7) is 12.0. The molecule has 0 amide bonds. The van der Waals surface area contributed by atoms with Crippen LogP contribution in [0.15, 0.2) is 188 Å². The molecule has 1 N–H and O–H groups in total. The van der Waals surface area contributed by atoms with Crippen LogP contribution in [0.1, 0.15) is 142 Å². The second-order valence-electron chi connectivity index (χ2n) is 23.1. The van der Waals surface area contributed by atoms with Gasteiger partial charge in [-0.3, -0.25) is 9.55 Å². The minimum Gasteiger partial charge on any atom is -0.507 e. The number of imidazole rings is 1. The molecule has 0 radical (unpaired) electrons. The van der Waals surface area contributed by atoms with E-state index < -0.39 is 26.0 Å². The molecule has 0 fully saturated rings. The van der Waals surface area contributed by atoms with Crippen molar-refractivity contribution in [2.45, 2.75) is 118 Å². The van der Waals surface area contributed by atoms with Crippen molar-refractivity contribution < 1.29 is 17.4 Å². The maximum Gasteiger partial charge on any atom is 0.149 e. The van der Waals surface area contributed by atoms with Crippen molar-refractivity contribution >= 4 is 11.0 Å². The molecule has 10 aromatic rings. The van der Waals surface area contributed by atoms with Crippen LogP contribution in [0.4, 0.5) is 0 Å². The fraction of sp³-hybridized carbons (Fsp3) is 0.250. The molecule has 4 heteroatoms. The maximum absolute atomic E-state index is 12.5. The van der Waals surface area contributed by atoms with E-state index in [4.69, 9.17) is 22.3 Å². The van der Waals surface area contributed by atoms with E-state index in [-0.39, 0.29) is 34.0 Å². The van der Waals surface area contributed by atoms with Gasteiger partial charge in [-0.2, -0.15) is 0 Å². The Balaban J connectivity index is 1.13. The summed E-state index contributed by atoms with van der Waals surface area (Å²) < 4.78 is 75.8. The first-order valence-corrected chi connectivity index (χ1v) is 26.4. The first-order valence-electron chi connectivity index (χ1n) is 30.9. The van der Waals surface area contributed by atoms with E-state index in [2.05, 4.69) is 183 Å². The molecule has 0 aliphatic rings. The summed E-state index contributed by atoms with van der Waals surface area (Å²) in [5.41, 5.74) is 15.0. The zero-order chi connectivity index (χ0) is 61.3. The van der Waals surface area contributed by atoms with Crippen molar-refractivity contribution in [2.75, 3.05) is 0 Å². The first-order chi connectivity index (χ1) is 39.9. The molecule has 382 valence electrons. The molecule has 0 bridgehead atoms. The average molecular weight is 1010 g/mol. The molecule has 0 saturated carbocycles. The quantitative estimate of drug-likeness (QED) is 0.149.